The number of rotatable bonds is 17. The van der Waals surface area contributed by atoms with Crippen LogP contribution in [0.15, 0.2) is 164 Å². The van der Waals surface area contributed by atoms with Crippen LogP contribution in [0.5, 0.6) is 0 Å². The zero-order valence-corrected chi connectivity index (χ0v) is 32.9. The first-order valence-electron chi connectivity index (χ1n) is 19.6. The molecule has 0 aromatic heterocycles. The number of ether oxygens (including phenoxy) is 9. The molecule has 0 spiro atoms. The molecule has 2 aliphatic rings. The Hall–Kier alpha value is -5.99. The summed E-state index contributed by atoms with van der Waals surface area (Å²) in [5.41, 5.74) is 2.69. The van der Waals surface area contributed by atoms with E-state index in [0.29, 0.717) is 13.2 Å². The van der Waals surface area contributed by atoms with E-state index in [1.165, 1.54) is 7.11 Å². The number of hydrogen-bond acceptors (Lipinski definition) is 12. The van der Waals surface area contributed by atoms with Crippen molar-refractivity contribution in [3.05, 3.63) is 192 Å². The summed E-state index contributed by atoms with van der Waals surface area (Å²) in [5, 5.41) is 0. The van der Waals surface area contributed by atoms with Gasteiger partial charge in [0.1, 0.15) is 18.3 Å². The van der Waals surface area contributed by atoms with Crippen LogP contribution in [0, 0.1) is 0 Å². The van der Waals surface area contributed by atoms with E-state index in [1.807, 2.05) is 66.7 Å². The molecule has 2 heterocycles. The zero-order chi connectivity index (χ0) is 41.5. The highest BCUT2D eigenvalue weighted by Gasteiger charge is 2.53. The third kappa shape index (κ3) is 11.4. The fourth-order valence-corrected chi connectivity index (χ4v) is 6.74. The van der Waals surface area contributed by atoms with E-state index in [-0.39, 0.29) is 29.9 Å². The molecule has 60 heavy (non-hydrogen) atoms. The number of carbonyl (C=O) groups excluding carboxylic acids is 3. The Labute approximate surface area is 348 Å². The average Bonchev–Trinajstić information content (AvgIpc) is 3.30. The Morgan fingerprint density at radius 1 is 0.483 bits per heavy atom. The van der Waals surface area contributed by atoms with Crippen LogP contribution >= 0.6 is 0 Å². The molecule has 0 bridgehead atoms. The van der Waals surface area contributed by atoms with Crippen molar-refractivity contribution in [2.24, 2.45) is 0 Å². The van der Waals surface area contributed by atoms with Crippen LogP contribution in [0.2, 0.25) is 0 Å². The van der Waals surface area contributed by atoms with Crippen molar-refractivity contribution in [2.75, 3.05) is 20.3 Å². The predicted octanol–water partition coefficient (Wildman–Crippen LogP) is 7.13. The maximum atomic E-state index is 13.8. The van der Waals surface area contributed by atoms with Gasteiger partial charge in [-0.2, -0.15) is 0 Å². The lowest BCUT2D eigenvalue weighted by Gasteiger charge is -2.44. The van der Waals surface area contributed by atoms with E-state index in [4.69, 9.17) is 42.6 Å². The van der Waals surface area contributed by atoms with Crippen molar-refractivity contribution in [1.82, 2.24) is 0 Å². The molecule has 0 aliphatic carbocycles. The SMILES string of the molecule is CO[C@H]1O[C@H](CO[C@@H]2C=C[C@H](OCc3ccccc3)[C@@H](COCc3ccccc3)O2)[C@@H](OC(=O)c2ccccc2)[C@H](OC(=O)c2ccccc2)[C@H]1OC(=O)c1ccccc1. The first-order valence-corrected chi connectivity index (χ1v) is 19.6. The van der Waals surface area contributed by atoms with Gasteiger partial charge in [0, 0.05) is 7.11 Å². The highest BCUT2D eigenvalue weighted by molar-refractivity contribution is 5.91. The fourth-order valence-electron chi connectivity index (χ4n) is 6.74. The minimum absolute atomic E-state index is 0.188. The highest BCUT2D eigenvalue weighted by atomic mass is 16.7. The molecule has 1 fully saturated rings. The summed E-state index contributed by atoms with van der Waals surface area (Å²) in [6, 6.07) is 44.5. The third-order valence-corrected chi connectivity index (χ3v) is 9.82. The Kier molecular flexibility index (Phi) is 15.0. The summed E-state index contributed by atoms with van der Waals surface area (Å²) in [6.07, 6.45) is -4.96. The van der Waals surface area contributed by atoms with Gasteiger partial charge in [0.15, 0.2) is 30.9 Å². The van der Waals surface area contributed by atoms with E-state index in [1.54, 1.807) is 97.1 Å². The Bertz CT molecular complexity index is 2120. The van der Waals surface area contributed by atoms with Crippen molar-refractivity contribution >= 4 is 17.9 Å². The molecule has 2 aliphatic heterocycles. The molecule has 0 radical (unpaired) electrons. The normalized spacial score (nSPS) is 23.6. The van der Waals surface area contributed by atoms with Crippen molar-refractivity contribution in [3.63, 3.8) is 0 Å². The molecule has 7 rings (SSSR count). The van der Waals surface area contributed by atoms with Crippen molar-refractivity contribution in [3.8, 4) is 0 Å². The maximum absolute atomic E-state index is 13.8. The van der Waals surface area contributed by atoms with E-state index >= 15 is 0 Å². The second-order valence-corrected chi connectivity index (χ2v) is 14.0. The molecule has 5 aromatic rings. The predicted molar refractivity (Wildman–Crippen MR) is 217 cm³/mol. The monoisotopic (exact) mass is 814 g/mol. The summed E-state index contributed by atoms with van der Waals surface area (Å²) < 4.78 is 55.4. The van der Waals surface area contributed by atoms with E-state index in [0.717, 1.165) is 11.1 Å². The quantitative estimate of drug-likeness (QED) is 0.0537. The van der Waals surface area contributed by atoms with E-state index < -0.39 is 67.1 Å². The second-order valence-electron chi connectivity index (χ2n) is 14.0. The lowest BCUT2D eigenvalue weighted by atomic mass is 9.97. The van der Waals surface area contributed by atoms with Crippen molar-refractivity contribution in [1.29, 1.82) is 0 Å². The van der Waals surface area contributed by atoms with Gasteiger partial charge in [-0.05, 0) is 53.6 Å². The molecule has 5 aromatic carbocycles. The van der Waals surface area contributed by atoms with E-state index in [9.17, 15) is 14.4 Å². The summed E-state index contributed by atoms with van der Waals surface area (Å²) in [4.78, 5) is 41.0. The largest absolute Gasteiger partial charge is 0.452 e. The average molecular weight is 815 g/mol. The highest BCUT2D eigenvalue weighted by Crippen LogP contribution is 2.32. The van der Waals surface area contributed by atoms with Crippen LogP contribution < -0.4 is 0 Å². The molecular formula is C48H46O12. The first kappa shape index (κ1) is 42.1. The van der Waals surface area contributed by atoms with Crippen LogP contribution in [0.1, 0.15) is 42.2 Å². The van der Waals surface area contributed by atoms with Gasteiger partial charge in [-0.15, -0.1) is 0 Å². The van der Waals surface area contributed by atoms with Gasteiger partial charge in [-0.1, -0.05) is 121 Å². The number of carbonyl (C=O) groups is 3. The number of benzene rings is 5. The van der Waals surface area contributed by atoms with Gasteiger partial charge >= 0.3 is 17.9 Å². The van der Waals surface area contributed by atoms with Crippen LogP contribution in [-0.2, 0) is 55.8 Å². The van der Waals surface area contributed by atoms with Crippen LogP contribution in [0.4, 0.5) is 0 Å². The summed E-state index contributed by atoms with van der Waals surface area (Å²) in [6.45, 7) is 0.659. The van der Waals surface area contributed by atoms with Crippen LogP contribution in [0.25, 0.3) is 0 Å². The van der Waals surface area contributed by atoms with Crippen molar-refractivity contribution < 1.29 is 57.0 Å². The van der Waals surface area contributed by atoms with Gasteiger partial charge in [0.25, 0.3) is 0 Å². The summed E-state index contributed by atoms with van der Waals surface area (Å²) in [5.74, 6) is -2.22. The Morgan fingerprint density at radius 2 is 0.950 bits per heavy atom. The van der Waals surface area contributed by atoms with Crippen LogP contribution in [0.3, 0.4) is 0 Å². The minimum atomic E-state index is -1.43. The third-order valence-electron chi connectivity index (χ3n) is 9.82. The summed E-state index contributed by atoms with van der Waals surface area (Å²) >= 11 is 0. The fraction of sp³-hybridized carbons (Fsp3) is 0.271. The number of esters is 3. The molecule has 12 nitrogen and oxygen atoms in total. The van der Waals surface area contributed by atoms with Crippen molar-refractivity contribution in [2.45, 2.75) is 62.4 Å². The minimum Gasteiger partial charge on any atom is -0.452 e. The second kappa shape index (κ2) is 21.3. The molecule has 1 saturated heterocycles. The molecule has 12 heteroatoms. The molecule has 0 unspecified atom stereocenters. The summed E-state index contributed by atoms with van der Waals surface area (Å²) in [7, 11) is 1.36. The van der Waals surface area contributed by atoms with Gasteiger partial charge in [0.05, 0.1) is 43.1 Å². The number of hydrogen-bond donors (Lipinski definition) is 0. The molecule has 0 N–H and O–H groups in total. The maximum Gasteiger partial charge on any atom is 0.338 e. The van der Waals surface area contributed by atoms with Gasteiger partial charge in [-0.25, -0.2) is 14.4 Å². The molecule has 0 saturated carbocycles. The lowest BCUT2D eigenvalue weighted by molar-refractivity contribution is -0.301. The smallest absolute Gasteiger partial charge is 0.338 e. The van der Waals surface area contributed by atoms with Gasteiger partial charge in [0.2, 0.25) is 0 Å². The molecular weight excluding hydrogens is 769 g/mol. The Balaban J connectivity index is 1.14. The first-order chi connectivity index (χ1) is 29.4. The van der Waals surface area contributed by atoms with Gasteiger partial charge < -0.3 is 42.6 Å². The lowest BCUT2D eigenvalue weighted by Crippen LogP contribution is -2.63. The van der Waals surface area contributed by atoms with Gasteiger partial charge in [-0.3, -0.25) is 0 Å². The molecule has 8 atom stereocenters. The standard InChI is InChI=1S/C48H46O12/c1-52-48-44(60-47(51)37-25-15-6-16-26-37)43(59-46(50)36-23-13-5-14-24-36)42(58-45(49)35-21-11-4-12-22-35)40(57-48)32-55-41-28-27-38(54-30-34-19-9-3-10-20-34)39(56-41)31-53-29-33-17-7-2-8-18-33/h2-28,38-44,48H,29-32H2,1H3/t38-,39+,40+,41-,42+,43-,44+,48-/m0/s1. The number of methoxy groups -OCH3 is 1. The topological polar surface area (TPSA) is 134 Å². The Morgan fingerprint density at radius 3 is 1.47 bits per heavy atom. The van der Waals surface area contributed by atoms with E-state index in [2.05, 4.69) is 0 Å². The molecule has 310 valence electrons. The zero-order valence-electron chi connectivity index (χ0n) is 32.9. The van der Waals surface area contributed by atoms with Crippen LogP contribution in [-0.4, -0.2) is 87.4 Å². The molecule has 0 amide bonds.